The van der Waals surface area contributed by atoms with Gasteiger partial charge < -0.3 is 20.5 Å². The third-order valence-corrected chi connectivity index (χ3v) is 6.43. The van der Waals surface area contributed by atoms with E-state index in [1.54, 1.807) is 0 Å². The first-order valence-electron chi connectivity index (χ1n) is 11.5. The van der Waals surface area contributed by atoms with E-state index >= 15 is 0 Å². The van der Waals surface area contributed by atoms with Crippen LogP contribution in [0.4, 0.5) is 5.69 Å². The fraction of sp³-hybridized carbons (Fsp3) is 0.259. The van der Waals surface area contributed by atoms with Crippen molar-refractivity contribution in [3.05, 3.63) is 76.1 Å². The predicted molar refractivity (Wildman–Crippen MR) is 139 cm³/mol. The highest BCUT2D eigenvalue weighted by atomic mass is 35.5. The van der Waals surface area contributed by atoms with E-state index < -0.39 is 0 Å². The zero-order chi connectivity index (χ0) is 24.2. The van der Waals surface area contributed by atoms with Crippen LogP contribution in [0, 0.1) is 6.92 Å². The number of nitrogens with zero attached hydrogens (tertiary/aromatic N) is 1. The fourth-order valence-electron chi connectivity index (χ4n) is 4.21. The van der Waals surface area contributed by atoms with Gasteiger partial charge in [-0.3, -0.25) is 9.59 Å². The first-order valence-corrected chi connectivity index (χ1v) is 11.9. The van der Waals surface area contributed by atoms with Crippen LogP contribution in [-0.2, 0) is 4.79 Å². The Morgan fingerprint density at radius 2 is 1.85 bits per heavy atom. The minimum atomic E-state index is -0.171. The molecule has 0 atom stereocenters. The predicted octanol–water partition coefficient (Wildman–Crippen LogP) is 5.21. The quantitative estimate of drug-likeness (QED) is 0.391. The molecule has 2 heterocycles. The molecule has 2 aromatic carbocycles. The molecule has 0 bridgehead atoms. The van der Waals surface area contributed by atoms with Crippen molar-refractivity contribution in [2.75, 3.05) is 31.5 Å². The van der Waals surface area contributed by atoms with Gasteiger partial charge in [-0.25, -0.2) is 0 Å². The van der Waals surface area contributed by atoms with Crippen LogP contribution in [0.3, 0.4) is 0 Å². The topological polar surface area (TPSA) is 77.2 Å². The minimum Gasteiger partial charge on any atom is -0.351 e. The van der Waals surface area contributed by atoms with E-state index in [1.165, 1.54) is 0 Å². The summed E-state index contributed by atoms with van der Waals surface area (Å²) >= 11 is 6.07. The number of H-pyrrole nitrogens is 1. The molecule has 34 heavy (non-hydrogen) atoms. The van der Waals surface area contributed by atoms with E-state index in [1.807, 2.05) is 61.5 Å². The highest BCUT2D eigenvalue weighted by molar-refractivity contribution is 6.36. The van der Waals surface area contributed by atoms with Crippen molar-refractivity contribution in [2.45, 2.75) is 20.8 Å². The number of halogens is 1. The van der Waals surface area contributed by atoms with Crippen LogP contribution in [0.15, 0.2) is 48.5 Å². The van der Waals surface area contributed by atoms with Crippen LogP contribution in [0.1, 0.15) is 41.2 Å². The van der Waals surface area contributed by atoms with E-state index in [0.717, 1.165) is 53.3 Å². The summed E-state index contributed by atoms with van der Waals surface area (Å²) in [6, 6.07) is 15.2. The molecule has 0 fully saturated rings. The number of hydrogen-bond donors (Lipinski definition) is 3. The van der Waals surface area contributed by atoms with Crippen molar-refractivity contribution < 1.29 is 9.59 Å². The van der Waals surface area contributed by atoms with Crippen molar-refractivity contribution in [2.24, 2.45) is 0 Å². The van der Waals surface area contributed by atoms with Gasteiger partial charge in [0.15, 0.2) is 0 Å². The number of nitrogens with one attached hydrogen (secondary N) is 3. The van der Waals surface area contributed by atoms with Crippen LogP contribution in [0.5, 0.6) is 0 Å². The number of carbonyl (C=O) groups is 2. The number of aromatic amines is 1. The molecule has 0 aliphatic carbocycles. The third-order valence-electron chi connectivity index (χ3n) is 6.18. The summed E-state index contributed by atoms with van der Waals surface area (Å²) < 4.78 is 0. The largest absolute Gasteiger partial charge is 0.351 e. The van der Waals surface area contributed by atoms with Gasteiger partial charge in [0.1, 0.15) is 5.69 Å². The number of amides is 2. The Morgan fingerprint density at radius 1 is 1.12 bits per heavy atom. The molecule has 4 rings (SSSR count). The molecule has 2 amide bonds. The molecule has 7 heteroatoms. The molecular weight excluding hydrogens is 448 g/mol. The zero-order valence-electron chi connectivity index (χ0n) is 19.7. The van der Waals surface area contributed by atoms with Crippen LogP contribution in [0.25, 0.3) is 22.8 Å². The van der Waals surface area contributed by atoms with Gasteiger partial charge in [0.05, 0.1) is 5.57 Å². The second-order valence-electron chi connectivity index (χ2n) is 8.31. The number of anilines is 1. The average Bonchev–Trinajstić information content (AvgIpc) is 3.36. The van der Waals surface area contributed by atoms with Gasteiger partial charge in [-0.1, -0.05) is 49.7 Å². The average molecular weight is 477 g/mol. The Balaban J connectivity index is 1.62. The van der Waals surface area contributed by atoms with Gasteiger partial charge in [-0.15, -0.1) is 0 Å². The maximum Gasteiger partial charge on any atom is 0.267 e. The molecule has 176 valence electrons. The first kappa shape index (κ1) is 23.8. The molecule has 1 aliphatic rings. The SMILES string of the molecule is CCN(CC)CCNC(=O)c1cc(C)c(/C=C2\C(=O)Nc3cccc(-c4ccc(Cl)cc4)c32)[nH]1. The summed E-state index contributed by atoms with van der Waals surface area (Å²) in [5.41, 5.74) is 6.19. The van der Waals surface area contributed by atoms with Gasteiger partial charge in [0.2, 0.25) is 0 Å². The maximum atomic E-state index is 12.9. The lowest BCUT2D eigenvalue weighted by Crippen LogP contribution is -2.34. The van der Waals surface area contributed by atoms with Crippen molar-refractivity contribution in [1.29, 1.82) is 0 Å². The van der Waals surface area contributed by atoms with Crippen LogP contribution in [-0.4, -0.2) is 47.9 Å². The molecule has 0 saturated carbocycles. The fourth-order valence-corrected chi connectivity index (χ4v) is 4.34. The second kappa shape index (κ2) is 10.3. The molecule has 1 aromatic heterocycles. The van der Waals surface area contributed by atoms with Crippen LogP contribution < -0.4 is 10.6 Å². The van der Waals surface area contributed by atoms with E-state index in [-0.39, 0.29) is 11.8 Å². The highest BCUT2D eigenvalue weighted by Gasteiger charge is 2.27. The van der Waals surface area contributed by atoms with Gasteiger partial charge in [-0.2, -0.15) is 0 Å². The summed E-state index contributed by atoms with van der Waals surface area (Å²) in [4.78, 5) is 31.0. The molecule has 0 radical (unpaired) electrons. The summed E-state index contributed by atoms with van der Waals surface area (Å²) in [7, 11) is 0. The number of rotatable bonds is 8. The normalized spacial score (nSPS) is 13.9. The first-order chi connectivity index (χ1) is 16.4. The number of hydrogen-bond acceptors (Lipinski definition) is 3. The number of aromatic nitrogens is 1. The van der Waals surface area contributed by atoms with Crippen molar-refractivity contribution >= 4 is 40.8 Å². The summed E-state index contributed by atoms with van der Waals surface area (Å²) in [6.07, 6.45) is 1.82. The van der Waals surface area contributed by atoms with Gasteiger partial charge in [0.25, 0.3) is 11.8 Å². The standard InChI is InChI=1S/C27H29ClN4O2/c1-4-32(5-2)14-13-29-27(34)24-15-17(3)23(30-24)16-21-25-20(18-9-11-19(28)12-10-18)7-6-8-22(25)31-26(21)33/h6-12,15-16,30H,4-5,13-14H2,1-3H3,(H,29,34)(H,31,33)/b21-16-. The van der Waals surface area contributed by atoms with Crippen LogP contribution >= 0.6 is 11.6 Å². The Labute approximate surface area is 205 Å². The minimum absolute atomic E-state index is 0.155. The lowest BCUT2D eigenvalue weighted by Gasteiger charge is -2.17. The zero-order valence-corrected chi connectivity index (χ0v) is 20.4. The smallest absolute Gasteiger partial charge is 0.267 e. The molecule has 0 saturated heterocycles. The second-order valence-corrected chi connectivity index (χ2v) is 8.75. The van der Waals surface area contributed by atoms with Crippen molar-refractivity contribution in [3.63, 3.8) is 0 Å². The lowest BCUT2D eigenvalue weighted by molar-refractivity contribution is -0.110. The molecule has 0 spiro atoms. The number of likely N-dealkylation sites (N-methyl/N-ethyl adjacent to an activating group) is 1. The van der Waals surface area contributed by atoms with Gasteiger partial charge in [-0.05, 0) is 67.0 Å². The Hall–Kier alpha value is -3.35. The number of aryl methyl sites for hydroxylation is 1. The Morgan fingerprint density at radius 3 is 2.56 bits per heavy atom. The monoisotopic (exact) mass is 476 g/mol. The molecular formula is C27H29ClN4O2. The lowest BCUT2D eigenvalue weighted by atomic mass is 9.94. The Bertz CT molecular complexity index is 1240. The summed E-state index contributed by atoms with van der Waals surface area (Å²) in [6.45, 7) is 9.42. The Kier molecular flexibility index (Phi) is 7.20. The number of carbonyl (C=O) groups excluding carboxylic acids is 2. The molecule has 1 aliphatic heterocycles. The summed E-state index contributed by atoms with van der Waals surface area (Å²) in [5.74, 6) is -0.325. The van der Waals surface area contributed by atoms with E-state index in [2.05, 4.69) is 34.4 Å². The van der Waals surface area contributed by atoms with Crippen LogP contribution in [0.2, 0.25) is 5.02 Å². The van der Waals surface area contributed by atoms with Gasteiger partial charge in [0, 0.05) is 35.1 Å². The third kappa shape index (κ3) is 4.93. The van der Waals surface area contributed by atoms with E-state index in [0.29, 0.717) is 22.8 Å². The molecule has 3 N–H and O–H groups in total. The molecule has 0 unspecified atom stereocenters. The van der Waals surface area contributed by atoms with E-state index in [9.17, 15) is 9.59 Å². The number of benzene rings is 2. The van der Waals surface area contributed by atoms with Gasteiger partial charge >= 0.3 is 0 Å². The maximum absolute atomic E-state index is 12.9. The molecule has 3 aromatic rings. The highest BCUT2D eigenvalue weighted by Crippen LogP contribution is 2.40. The number of fused-ring (bicyclic) bond motifs is 1. The molecule has 6 nitrogen and oxygen atoms in total. The summed E-state index contributed by atoms with van der Waals surface area (Å²) in [5, 5.41) is 6.58. The van der Waals surface area contributed by atoms with Crippen molar-refractivity contribution in [1.82, 2.24) is 15.2 Å². The van der Waals surface area contributed by atoms with E-state index in [4.69, 9.17) is 11.6 Å². The van der Waals surface area contributed by atoms with Crippen molar-refractivity contribution in [3.8, 4) is 11.1 Å².